The van der Waals surface area contributed by atoms with Gasteiger partial charge in [-0.25, -0.2) is 0 Å². The topological polar surface area (TPSA) is 96.1 Å². The fourth-order valence-electron chi connectivity index (χ4n) is 1.49. The number of halogens is 1. The number of rotatable bonds is 3. The van der Waals surface area contributed by atoms with Crippen molar-refractivity contribution in [2.45, 2.75) is 10.5 Å². The second-order valence-corrected chi connectivity index (χ2v) is 5.32. The normalized spacial score (nSPS) is 21.4. The van der Waals surface area contributed by atoms with E-state index in [-0.39, 0.29) is 12.3 Å². The summed E-state index contributed by atoms with van der Waals surface area (Å²) in [5.41, 5.74) is 0.542. The lowest BCUT2D eigenvalue weighted by molar-refractivity contribution is 0.0949. The van der Waals surface area contributed by atoms with Gasteiger partial charge < -0.3 is 20.5 Å². The second-order valence-electron chi connectivity index (χ2n) is 3.81. The van der Waals surface area contributed by atoms with E-state index in [1.54, 1.807) is 0 Å². The average molecular weight is 365 g/mol. The molecule has 2 heterocycles. The predicted molar refractivity (Wildman–Crippen MR) is 72.5 cm³/mol. The Hall–Kier alpha value is -1.29. The molecule has 0 bridgehead atoms. The smallest absolute Gasteiger partial charge is 0.223 e. The van der Waals surface area contributed by atoms with Crippen LogP contribution < -0.4 is 10.7 Å². The van der Waals surface area contributed by atoms with Gasteiger partial charge in [0.25, 0.3) is 0 Å². The molecule has 0 spiro atoms. The largest absolute Gasteiger partial charge is 0.503 e. The summed E-state index contributed by atoms with van der Waals surface area (Å²) in [6, 6.07) is 1.10. The van der Waals surface area contributed by atoms with Crippen molar-refractivity contribution in [3.63, 3.8) is 0 Å². The molecule has 0 radical (unpaired) electrons. The summed E-state index contributed by atoms with van der Waals surface area (Å²) >= 11 is 2.25. The number of aromatic nitrogens is 1. The van der Waals surface area contributed by atoms with Crippen molar-refractivity contribution in [2.24, 2.45) is 5.16 Å². The molecule has 0 amide bonds. The van der Waals surface area contributed by atoms with Crippen LogP contribution in [-0.2, 0) is 11.4 Å². The Kier molecular flexibility index (Phi) is 4.07. The van der Waals surface area contributed by atoms with Gasteiger partial charge in [-0.15, -0.1) is 0 Å². The van der Waals surface area contributed by atoms with Crippen LogP contribution in [0.15, 0.2) is 22.2 Å². The van der Waals surface area contributed by atoms with Gasteiger partial charge in [0.05, 0.1) is 15.8 Å². The zero-order valence-electron chi connectivity index (χ0n) is 9.34. The standard InChI is InChI=1S/C10H12IN3O4/c11-7-2-12-3-8(7)13-18-5-6-1-9(15)10(16)4-14(6)17/h1,4,7,12,16-17H,2-3,5H2/b13-8+. The van der Waals surface area contributed by atoms with Crippen LogP contribution in [0.5, 0.6) is 5.75 Å². The number of aromatic hydroxyl groups is 1. The molecule has 8 heteroatoms. The van der Waals surface area contributed by atoms with Gasteiger partial charge in [0.15, 0.2) is 12.4 Å². The maximum absolute atomic E-state index is 11.2. The summed E-state index contributed by atoms with van der Waals surface area (Å²) < 4.78 is 0.935. The molecule has 7 nitrogen and oxygen atoms in total. The highest BCUT2D eigenvalue weighted by Crippen LogP contribution is 2.09. The lowest BCUT2D eigenvalue weighted by Gasteiger charge is -2.06. The van der Waals surface area contributed by atoms with Gasteiger partial charge >= 0.3 is 0 Å². The summed E-state index contributed by atoms with van der Waals surface area (Å²) in [6.45, 7) is 1.49. The Bertz CT molecular complexity index is 528. The second kappa shape index (κ2) is 5.57. The van der Waals surface area contributed by atoms with Gasteiger partial charge in [-0.1, -0.05) is 27.7 Å². The molecule has 98 valence electrons. The Balaban J connectivity index is 2.02. The number of nitrogens with one attached hydrogen (secondary N) is 1. The quantitative estimate of drug-likeness (QED) is 0.305. The molecule has 3 N–H and O–H groups in total. The third-order valence-corrected chi connectivity index (χ3v) is 3.63. The van der Waals surface area contributed by atoms with Gasteiger partial charge in [0, 0.05) is 19.2 Å². The first-order valence-corrected chi connectivity index (χ1v) is 6.50. The lowest BCUT2D eigenvalue weighted by Crippen LogP contribution is -2.13. The van der Waals surface area contributed by atoms with Gasteiger partial charge in [0.1, 0.15) is 5.69 Å². The summed E-state index contributed by atoms with van der Waals surface area (Å²) in [5.74, 6) is -0.514. The SMILES string of the molecule is O=c1cc(CO/N=C2\CNCC2I)n(O)cc1O. The average Bonchev–Trinajstić information content (AvgIpc) is 2.72. The van der Waals surface area contributed by atoms with E-state index in [4.69, 9.17) is 9.94 Å². The maximum atomic E-state index is 11.2. The number of nitrogens with zero attached hydrogens (tertiary/aromatic N) is 2. The summed E-state index contributed by atoms with van der Waals surface area (Å²) in [4.78, 5) is 16.3. The lowest BCUT2D eigenvalue weighted by atomic mass is 10.3. The van der Waals surface area contributed by atoms with Gasteiger partial charge in [-0.05, 0) is 0 Å². The molecular formula is C10H12IN3O4. The molecule has 1 aromatic rings. The minimum Gasteiger partial charge on any atom is -0.503 e. The number of pyridine rings is 1. The van der Waals surface area contributed by atoms with Crippen molar-refractivity contribution in [1.82, 2.24) is 10.0 Å². The zero-order valence-corrected chi connectivity index (χ0v) is 11.5. The third kappa shape index (κ3) is 2.93. The molecule has 0 aliphatic carbocycles. The van der Waals surface area contributed by atoms with Crippen LogP contribution in [0.4, 0.5) is 0 Å². The zero-order chi connectivity index (χ0) is 13.1. The van der Waals surface area contributed by atoms with Crippen LogP contribution >= 0.6 is 22.6 Å². The molecule has 0 saturated carbocycles. The summed E-state index contributed by atoms with van der Waals surface area (Å²) in [7, 11) is 0. The highest BCUT2D eigenvalue weighted by molar-refractivity contribution is 14.1. The number of oxime groups is 1. The van der Waals surface area contributed by atoms with E-state index in [0.29, 0.717) is 15.2 Å². The van der Waals surface area contributed by atoms with E-state index in [0.717, 1.165) is 24.5 Å². The molecular weight excluding hydrogens is 353 g/mol. The predicted octanol–water partition coefficient (Wildman–Crippen LogP) is 0.0706. The van der Waals surface area contributed by atoms with Gasteiger partial charge in [-0.3, -0.25) is 4.79 Å². The van der Waals surface area contributed by atoms with Crippen LogP contribution in [0.25, 0.3) is 0 Å². The molecule has 1 aliphatic rings. The maximum Gasteiger partial charge on any atom is 0.223 e. The Morgan fingerprint density at radius 3 is 3.11 bits per heavy atom. The molecule has 2 rings (SSSR count). The Labute approximate surface area is 116 Å². The summed E-state index contributed by atoms with van der Waals surface area (Å²) in [5, 5.41) is 25.6. The van der Waals surface area contributed by atoms with Gasteiger partial charge in [-0.2, -0.15) is 4.73 Å². The highest BCUT2D eigenvalue weighted by Gasteiger charge is 2.19. The molecule has 1 atom stereocenters. The van der Waals surface area contributed by atoms with E-state index in [1.165, 1.54) is 0 Å². The number of hydrogen-bond acceptors (Lipinski definition) is 6. The minimum absolute atomic E-state index is 0.0428. The van der Waals surface area contributed by atoms with Crippen molar-refractivity contribution < 1.29 is 15.2 Å². The molecule has 1 fully saturated rings. The molecule has 1 unspecified atom stereocenters. The monoisotopic (exact) mass is 365 g/mol. The van der Waals surface area contributed by atoms with Crippen LogP contribution in [0.2, 0.25) is 0 Å². The summed E-state index contributed by atoms with van der Waals surface area (Å²) in [6.07, 6.45) is 0.923. The third-order valence-electron chi connectivity index (χ3n) is 2.47. The molecule has 18 heavy (non-hydrogen) atoms. The van der Waals surface area contributed by atoms with Crippen LogP contribution in [0.3, 0.4) is 0 Å². The van der Waals surface area contributed by atoms with Crippen LogP contribution in [-0.4, -0.2) is 37.8 Å². The van der Waals surface area contributed by atoms with Crippen molar-refractivity contribution in [1.29, 1.82) is 0 Å². The number of alkyl halides is 1. The molecule has 0 aromatic carbocycles. The van der Waals surface area contributed by atoms with E-state index in [9.17, 15) is 10.0 Å². The van der Waals surface area contributed by atoms with E-state index in [2.05, 4.69) is 33.1 Å². The fourth-order valence-corrected chi connectivity index (χ4v) is 2.13. The molecule has 1 aromatic heterocycles. The Morgan fingerprint density at radius 1 is 1.67 bits per heavy atom. The van der Waals surface area contributed by atoms with E-state index in [1.807, 2.05) is 0 Å². The Morgan fingerprint density at radius 2 is 2.44 bits per heavy atom. The van der Waals surface area contributed by atoms with Crippen molar-refractivity contribution in [2.75, 3.05) is 13.1 Å². The number of hydrogen-bond donors (Lipinski definition) is 3. The van der Waals surface area contributed by atoms with Crippen molar-refractivity contribution in [3.8, 4) is 5.75 Å². The van der Waals surface area contributed by atoms with Crippen molar-refractivity contribution in [3.05, 3.63) is 28.2 Å². The van der Waals surface area contributed by atoms with Crippen LogP contribution in [0.1, 0.15) is 5.69 Å². The van der Waals surface area contributed by atoms with Crippen LogP contribution in [0, 0.1) is 0 Å². The molecule has 1 aliphatic heterocycles. The first-order chi connectivity index (χ1) is 8.58. The van der Waals surface area contributed by atoms with Gasteiger partial charge in [0.2, 0.25) is 5.43 Å². The first kappa shape index (κ1) is 13.1. The van der Waals surface area contributed by atoms with E-state index < -0.39 is 11.2 Å². The fraction of sp³-hybridized carbons (Fsp3) is 0.400. The molecule has 1 saturated heterocycles. The highest BCUT2D eigenvalue weighted by atomic mass is 127. The minimum atomic E-state index is -0.569. The first-order valence-electron chi connectivity index (χ1n) is 5.25. The van der Waals surface area contributed by atoms with E-state index >= 15 is 0 Å². The van der Waals surface area contributed by atoms with Crippen molar-refractivity contribution >= 4 is 28.3 Å².